The number of aromatic nitrogens is 3. The van der Waals surface area contributed by atoms with E-state index in [1.54, 1.807) is 0 Å². The molecule has 4 heteroatoms. The van der Waals surface area contributed by atoms with Crippen LogP contribution in [0.4, 0.5) is 0 Å². The van der Waals surface area contributed by atoms with Crippen molar-refractivity contribution in [2.75, 3.05) is 0 Å². The molecule has 0 saturated carbocycles. The van der Waals surface area contributed by atoms with Crippen molar-refractivity contribution < 1.29 is 4.74 Å². The number of ether oxygens (including phenoxy) is 1. The lowest BCUT2D eigenvalue weighted by atomic mass is 9.92. The predicted octanol–water partition coefficient (Wildman–Crippen LogP) is 13.2. The summed E-state index contributed by atoms with van der Waals surface area (Å²) in [6, 6.07) is 63.4. The van der Waals surface area contributed by atoms with Gasteiger partial charge in [-0.2, -0.15) is 0 Å². The number of nitrogens with zero attached hydrogens (tertiary/aromatic N) is 3. The van der Waals surface area contributed by atoms with E-state index >= 15 is 0 Å². The van der Waals surface area contributed by atoms with E-state index < -0.39 is 0 Å². The van der Waals surface area contributed by atoms with Gasteiger partial charge in [-0.05, 0) is 95.1 Å². The van der Waals surface area contributed by atoms with Crippen LogP contribution in [-0.2, 0) is 0 Å². The molecule has 3 aromatic heterocycles. The van der Waals surface area contributed by atoms with Crippen LogP contribution in [0.5, 0.6) is 5.75 Å². The van der Waals surface area contributed by atoms with Gasteiger partial charge in [0.05, 0.1) is 27.8 Å². The van der Waals surface area contributed by atoms with Gasteiger partial charge in [-0.1, -0.05) is 127 Å². The summed E-state index contributed by atoms with van der Waals surface area (Å²) >= 11 is 0. The Labute approximate surface area is 329 Å². The summed E-state index contributed by atoms with van der Waals surface area (Å²) in [5.41, 5.74) is 13.7. The number of hydrogen-bond donors (Lipinski definition) is 0. The molecular formula is C53H35N3O. The highest BCUT2D eigenvalue weighted by molar-refractivity contribution is 6.12. The Morgan fingerprint density at radius 2 is 1.02 bits per heavy atom. The third-order valence-corrected chi connectivity index (χ3v) is 11.9. The Hall–Kier alpha value is -7.43. The Bertz CT molecular complexity index is 3220. The largest absolute Gasteiger partial charge is 0.485 e. The summed E-state index contributed by atoms with van der Waals surface area (Å²) in [5, 5.41) is 4.87. The second-order valence-electron chi connectivity index (χ2n) is 15.1. The van der Waals surface area contributed by atoms with Gasteiger partial charge in [0.15, 0.2) is 0 Å². The van der Waals surface area contributed by atoms with E-state index in [2.05, 4.69) is 209 Å². The van der Waals surface area contributed by atoms with Crippen LogP contribution in [0.25, 0.3) is 88.6 Å². The minimum atomic E-state index is 0.0646. The number of pyridine rings is 1. The van der Waals surface area contributed by atoms with Crippen molar-refractivity contribution in [1.29, 1.82) is 0 Å². The molecule has 268 valence electrons. The molecule has 0 fully saturated rings. The van der Waals surface area contributed by atoms with Crippen LogP contribution < -0.4 is 4.74 Å². The molecule has 0 bridgehead atoms. The highest BCUT2D eigenvalue weighted by Gasteiger charge is 2.32. The monoisotopic (exact) mass is 729 g/mol. The fourth-order valence-electron chi connectivity index (χ4n) is 9.18. The average Bonchev–Trinajstić information content (AvgIpc) is 3.94. The highest BCUT2D eigenvalue weighted by atomic mass is 16.5. The van der Waals surface area contributed by atoms with Gasteiger partial charge >= 0.3 is 0 Å². The lowest BCUT2D eigenvalue weighted by molar-refractivity contribution is 0.269. The molecule has 12 rings (SSSR count). The van der Waals surface area contributed by atoms with Crippen molar-refractivity contribution in [3.8, 4) is 50.8 Å². The van der Waals surface area contributed by atoms with E-state index in [9.17, 15) is 0 Å². The van der Waals surface area contributed by atoms with Crippen LogP contribution in [0, 0.1) is 0 Å². The molecule has 57 heavy (non-hydrogen) atoms. The lowest BCUT2D eigenvalue weighted by Gasteiger charge is -2.14. The fraction of sp³-hybridized carbons (Fsp3) is 0.0377. The molecule has 1 aliphatic heterocycles. The van der Waals surface area contributed by atoms with Crippen LogP contribution in [-0.4, -0.2) is 20.2 Å². The summed E-state index contributed by atoms with van der Waals surface area (Å²) in [4.78, 5) is 5.33. The third-order valence-electron chi connectivity index (χ3n) is 11.9. The van der Waals surface area contributed by atoms with Gasteiger partial charge in [0.2, 0.25) is 0 Å². The second kappa shape index (κ2) is 12.6. The minimum Gasteiger partial charge on any atom is -0.485 e. The zero-order chi connectivity index (χ0) is 37.5. The Balaban J connectivity index is 1.01. The van der Waals surface area contributed by atoms with Crippen molar-refractivity contribution in [3.05, 3.63) is 206 Å². The number of para-hydroxylation sites is 2. The molecule has 0 radical (unpaired) electrons. The summed E-state index contributed by atoms with van der Waals surface area (Å²) in [5.74, 6) is 2.11. The molecule has 7 aromatic carbocycles. The summed E-state index contributed by atoms with van der Waals surface area (Å²) < 4.78 is 11.0. The van der Waals surface area contributed by atoms with Crippen LogP contribution in [0.3, 0.4) is 0 Å². The maximum absolute atomic E-state index is 6.30. The van der Waals surface area contributed by atoms with Gasteiger partial charge in [0, 0.05) is 44.3 Å². The Morgan fingerprint density at radius 1 is 0.421 bits per heavy atom. The van der Waals surface area contributed by atoms with Crippen LogP contribution >= 0.6 is 0 Å². The molecule has 2 atom stereocenters. The summed E-state index contributed by atoms with van der Waals surface area (Å²) in [6.07, 6.45) is 8.69. The van der Waals surface area contributed by atoms with E-state index in [4.69, 9.17) is 9.72 Å². The number of benzene rings is 7. The van der Waals surface area contributed by atoms with Crippen molar-refractivity contribution in [1.82, 2.24) is 14.1 Å². The van der Waals surface area contributed by atoms with Crippen molar-refractivity contribution >= 4 is 43.6 Å². The van der Waals surface area contributed by atoms with Gasteiger partial charge < -0.3 is 9.30 Å². The van der Waals surface area contributed by atoms with Gasteiger partial charge in [-0.3, -0.25) is 4.57 Å². The maximum Gasteiger partial charge on any atom is 0.138 e. The van der Waals surface area contributed by atoms with Crippen LogP contribution in [0.2, 0.25) is 0 Å². The summed E-state index contributed by atoms with van der Waals surface area (Å²) in [7, 11) is 0. The van der Waals surface area contributed by atoms with E-state index in [-0.39, 0.29) is 12.0 Å². The van der Waals surface area contributed by atoms with Crippen molar-refractivity contribution in [2.24, 2.45) is 0 Å². The molecule has 4 nitrogen and oxygen atoms in total. The molecule has 2 aliphatic rings. The number of hydrogen-bond acceptors (Lipinski definition) is 2. The molecule has 0 N–H and O–H groups in total. The van der Waals surface area contributed by atoms with E-state index in [1.807, 2.05) is 0 Å². The van der Waals surface area contributed by atoms with Gasteiger partial charge in [-0.25, -0.2) is 4.98 Å². The average molecular weight is 730 g/mol. The summed E-state index contributed by atoms with van der Waals surface area (Å²) in [6.45, 7) is 0. The van der Waals surface area contributed by atoms with Crippen molar-refractivity contribution in [3.63, 3.8) is 0 Å². The van der Waals surface area contributed by atoms with E-state index in [0.29, 0.717) is 0 Å². The van der Waals surface area contributed by atoms with Gasteiger partial charge in [0.1, 0.15) is 17.7 Å². The van der Waals surface area contributed by atoms with Gasteiger partial charge in [-0.15, -0.1) is 0 Å². The molecule has 1 aliphatic carbocycles. The first kappa shape index (κ1) is 31.9. The molecule has 10 aromatic rings. The fourth-order valence-corrected chi connectivity index (χ4v) is 9.18. The smallest absolute Gasteiger partial charge is 0.138 e. The van der Waals surface area contributed by atoms with Crippen LogP contribution in [0.1, 0.15) is 11.5 Å². The number of rotatable bonds is 5. The van der Waals surface area contributed by atoms with E-state index in [1.165, 1.54) is 49.3 Å². The molecular weight excluding hydrogens is 695 g/mol. The Kier molecular flexibility index (Phi) is 7.02. The first-order valence-electron chi connectivity index (χ1n) is 19.6. The quantitative estimate of drug-likeness (QED) is 0.177. The molecule has 0 spiro atoms. The zero-order valence-corrected chi connectivity index (χ0v) is 31.0. The molecule has 2 unspecified atom stereocenters. The molecule has 0 saturated heterocycles. The normalized spacial score (nSPS) is 15.7. The molecule has 4 heterocycles. The second-order valence-corrected chi connectivity index (χ2v) is 15.1. The first-order valence-corrected chi connectivity index (χ1v) is 19.6. The maximum atomic E-state index is 6.30. The standard InChI is InChI=1S/C53H35N3O/c1-3-13-34(14-4-1)38-31-46(35-15-5-2-6-16-35)54-53(32-38)56-48-21-11-8-18-41(48)44-30-37(24-27-50(44)56)36-23-26-49-43(29-36)40-17-7-10-20-47(40)55(49)39-25-28-52-45(33-39)42-19-9-12-22-51(42)57-52/h1-33,42,51H. The Morgan fingerprint density at radius 3 is 1.74 bits per heavy atom. The zero-order valence-electron chi connectivity index (χ0n) is 31.0. The first-order chi connectivity index (χ1) is 28.2. The SMILES string of the molecule is C1=CC2Oc3ccc(-n4c5ccccc5c5cc(-c6ccc7c(c6)c6ccccc6n7-c6cc(-c7ccccc7)cc(-c7ccccc7)n6)ccc54)cc3C2C=C1. The lowest BCUT2D eigenvalue weighted by Crippen LogP contribution is -2.15. The number of allylic oxidation sites excluding steroid dienone is 2. The number of fused-ring (bicyclic) bond motifs is 9. The predicted molar refractivity (Wildman–Crippen MR) is 235 cm³/mol. The minimum absolute atomic E-state index is 0.0646. The third kappa shape index (κ3) is 5.04. The molecule has 0 amide bonds. The van der Waals surface area contributed by atoms with E-state index in [0.717, 1.165) is 50.7 Å². The highest BCUT2D eigenvalue weighted by Crippen LogP contribution is 2.44. The van der Waals surface area contributed by atoms with Crippen molar-refractivity contribution in [2.45, 2.75) is 12.0 Å². The topological polar surface area (TPSA) is 32.0 Å². The van der Waals surface area contributed by atoms with Crippen LogP contribution in [0.15, 0.2) is 200 Å². The van der Waals surface area contributed by atoms with Gasteiger partial charge in [0.25, 0.3) is 0 Å².